The topological polar surface area (TPSA) is 92.8 Å². The van der Waals surface area contributed by atoms with E-state index >= 15 is 0 Å². The van der Waals surface area contributed by atoms with E-state index in [9.17, 15) is 0 Å². The Bertz CT molecular complexity index is 1290. The lowest BCUT2D eigenvalue weighted by Gasteiger charge is -2.27. The van der Waals surface area contributed by atoms with Crippen LogP contribution in [0, 0.1) is 0 Å². The molecule has 0 aliphatic rings. The van der Waals surface area contributed by atoms with Crippen LogP contribution in [-0.2, 0) is 0 Å². The van der Waals surface area contributed by atoms with Crippen LogP contribution < -0.4 is 4.90 Å². The average Bonchev–Trinajstić information content (AvgIpc) is 3.52. The van der Waals surface area contributed by atoms with E-state index in [1.54, 1.807) is 6.20 Å². The quantitative estimate of drug-likeness (QED) is 0.427. The minimum absolute atomic E-state index is 0.109. The molecular weight excluding hydrogens is 446 g/mol. The van der Waals surface area contributed by atoms with Gasteiger partial charge in [0.25, 0.3) is 0 Å². The lowest BCUT2D eigenvalue weighted by molar-refractivity contribution is 0.676. The van der Waals surface area contributed by atoms with Crippen LogP contribution in [0.3, 0.4) is 0 Å². The van der Waals surface area contributed by atoms with Crippen molar-refractivity contribution in [3.05, 3.63) is 71.2 Å². The highest BCUT2D eigenvalue weighted by Crippen LogP contribution is 2.29. The normalized spacial score (nSPS) is 12.4. The Morgan fingerprint density at radius 2 is 1.93 bits per heavy atom. The highest BCUT2D eigenvalue weighted by molar-refractivity contribution is 9.10. The molecular formula is C20H18BrN9. The molecule has 0 spiro atoms. The van der Waals surface area contributed by atoms with Crippen molar-refractivity contribution in [1.29, 1.82) is 0 Å². The molecule has 1 unspecified atom stereocenters. The molecule has 150 valence electrons. The maximum atomic E-state index is 4.41. The summed E-state index contributed by atoms with van der Waals surface area (Å²) in [7, 11) is 2.08. The van der Waals surface area contributed by atoms with E-state index in [0.717, 1.165) is 32.9 Å². The number of hydrogen-bond acceptors (Lipinski definition) is 6. The smallest absolute Gasteiger partial charge is 0.196 e. The Hall–Kier alpha value is -3.53. The van der Waals surface area contributed by atoms with Crippen molar-refractivity contribution < 1.29 is 0 Å². The summed E-state index contributed by atoms with van der Waals surface area (Å²) in [5.41, 5.74) is 4.90. The third-order valence-electron chi connectivity index (χ3n) is 5.24. The Balaban J connectivity index is 1.45. The zero-order valence-corrected chi connectivity index (χ0v) is 17.9. The largest absolute Gasteiger partial charge is 0.366 e. The highest BCUT2D eigenvalue weighted by Gasteiger charge is 2.17. The third-order valence-corrected chi connectivity index (χ3v) is 5.67. The number of nitrogens with zero attached hydrogens (tertiary/aromatic N) is 8. The number of anilines is 1. The number of H-pyrrole nitrogens is 1. The van der Waals surface area contributed by atoms with Gasteiger partial charge >= 0.3 is 0 Å². The van der Waals surface area contributed by atoms with Crippen molar-refractivity contribution in [1.82, 2.24) is 39.8 Å². The summed E-state index contributed by atoms with van der Waals surface area (Å²) in [5.74, 6) is 0.608. The summed E-state index contributed by atoms with van der Waals surface area (Å²) in [6, 6.07) is 14.4. The number of benzene rings is 1. The molecule has 0 saturated carbocycles. The second-order valence-corrected chi connectivity index (χ2v) is 7.85. The molecule has 0 bridgehead atoms. The number of fused-ring (bicyclic) bond motifs is 1. The molecule has 4 heterocycles. The predicted octanol–water partition coefficient (Wildman–Crippen LogP) is 3.66. The maximum absolute atomic E-state index is 4.41. The van der Waals surface area contributed by atoms with Crippen molar-refractivity contribution >= 4 is 27.3 Å². The van der Waals surface area contributed by atoms with Crippen molar-refractivity contribution in [2.75, 3.05) is 11.9 Å². The van der Waals surface area contributed by atoms with Crippen LogP contribution in [0.2, 0.25) is 0 Å². The van der Waals surface area contributed by atoms with E-state index in [1.807, 2.05) is 39.7 Å². The van der Waals surface area contributed by atoms with Gasteiger partial charge in [-0.15, -0.1) is 5.10 Å². The molecule has 9 nitrogen and oxygen atoms in total. The van der Waals surface area contributed by atoms with Gasteiger partial charge in [-0.2, -0.15) is 5.10 Å². The fourth-order valence-electron chi connectivity index (χ4n) is 3.53. The summed E-state index contributed by atoms with van der Waals surface area (Å²) in [6.07, 6.45) is 5.58. The van der Waals surface area contributed by atoms with Gasteiger partial charge in [-0.25, -0.2) is 14.6 Å². The standard InChI is InChI=1S/C20H18BrN9/c1-13(17-7-9-22-19-8-10-23-30(17)19)28(2)15-3-5-16(6-4-15)29-12-14(21)11-18(29)20-24-26-27-25-20/h3-13H,1-2H3,(H,24,25,26,27). The van der Waals surface area contributed by atoms with Gasteiger partial charge in [0.15, 0.2) is 11.5 Å². The minimum Gasteiger partial charge on any atom is -0.366 e. The minimum atomic E-state index is 0.109. The molecule has 1 aromatic carbocycles. The number of hydrogen-bond donors (Lipinski definition) is 1. The van der Waals surface area contributed by atoms with Crippen molar-refractivity contribution in [2.45, 2.75) is 13.0 Å². The van der Waals surface area contributed by atoms with Gasteiger partial charge in [0, 0.05) is 41.4 Å². The van der Waals surface area contributed by atoms with Gasteiger partial charge in [0.2, 0.25) is 0 Å². The number of halogens is 1. The molecule has 0 fully saturated rings. The van der Waals surface area contributed by atoms with Gasteiger partial charge in [0.1, 0.15) is 0 Å². The predicted molar refractivity (Wildman–Crippen MR) is 116 cm³/mol. The Labute approximate surface area is 180 Å². The zero-order chi connectivity index (χ0) is 20.7. The van der Waals surface area contributed by atoms with Crippen LogP contribution in [0.5, 0.6) is 0 Å². The molecule has 0 amide bonds. The van der Waals surface area contributed by atoms with Crippen LogP contribution in [-0.4, -0.2) is 46.8 Å². The highest BCUT2D eigenvalue weighted by atomic mass is 79.9. The summed E-state index contributed by atoms with van der Waals surface area (Å²) in [5, 5.41) is 18.6. The van der Waals surface area contributed by atoms with Crippen molar-refractivity contribution in [2.24, 2.45) is 0 Å². The molecule has 0 radical (unpaired) electrons. The lowest BCUT2D eigenvalue weighted by Crippen LogP contribution is -2.23. The number of aromatic nitrogens is 8. The van der Waals surface area contributed by atoms with E-state index < -0.39 is 0 Å². The summed E-state index contributed by atoms with van der Waals surface area (Å²) >= 11 is 3.54. The first kappa shape index (κ1) is 18.5. The van der Waals surface area contributed by atoms with E-state index in [1.165, 1.54) is 0 Å². The summed E-state index contributed by atoms with van der Waals surface area (Å²) < 4.78 is 4.87. The number of nitrogens with one attached hydrogen (secondary N) is 1. The van der Waals surface area contributed by atoms with Gasteiger partial charge in [-0.05, 0) is 69.7 Å². The average molecular weight is 464 g/mol. The SMILES string of the molecule is CC(c1ccnc2ccnn12)N(C)c1ccc(-n2cc(Br)cc2-c2nnn[nH]2)cc1. The van der Waals surface area contributed by atoms with E-state index in [4.69, 9.17) is 0 Å². The third kappa shape index (κ3) is 3.14. The van der Waals surface area contributed by atoms with E-state index in [-0.39, 0.29) is 6.04 Å². The number of tetrazole rings is 1. The van der Waals surface area contributed by atoms with Crippen LogP contribution >= 0.6 is 15.9 Å². The lowest BCUT2D eigenvalue weighted by atomic mass is 10.1. The molecule has 1 N–H and O–H groups in total. The molecule has 5 rings (SSSR count). The van der Waals surface area contributed by atoms with Crippen LogP contribution in [0.4, 0.5) is 5.69 Å². The Kier molecular flexibility index (Phi) is 4.55. The first-order valence-electron chi connectivity index (χ1n) is 9.36. The number of rotatable bonds is 5. The summed E-state index contributed by atoms with van der Waals surface area (Å²) in [4.78, 5) is 6.57. The van der Waals surface area contributed by atoms with Gasteiger partial charge in [-0.3, -0.25) is 0 Å². The van der Waals surface area contributed by atoms with Gasteiger partial charge in [0.05, 0.1) is 23.6 Å². The van der Waals surface area contributed by atoms with Crippen LogP contribution in [0.15, 0.2) is 65.5 Å². The summed E-state index contributed by atoms with van der Waals surface area (Å²) in [6.45, 7) is 2.16. The van der Waals surface area contributed by atoms with E-state index in [0.29, 0.717) is 5.82 Å². The maximum Gasteiger partial charge on any atom is 0.196 e. The molecule has 10 heteroatoms. The fourth-order valence-corrected chi connectivity index (χ4v) is 3.96. The fraction of sp³-hybridized carbons (Fsp3) is 0.150. The van der Waals surface area contributed by atoms with Gasteiger partial charge < -0.3 is 9.47 Å². The first-order valence-corrected chi connectivity index (χ1v) is 10.1. The zero-order valence-electron chi connectivity index (χ0n) is 16.3. The first-order chi connectivity index (χ1) is 14.6. The second-order valence-electron chi connectivity index (χ2n) is 6.94. The van der Waals surface area contributed by atoms with E-state index in [2.05, 4.69) is 89.8 Å². The van der Waals surface area contributed by atoms with Crippen LogP contribution in [0.1, 0.15) is 18.7 Å². The van der Waals surface area contributed by atoms with Crippen molar-refractivity contribution in [3.63, 3.8) is 0 Å². The molecule has 5 aromatic rings. The number of aromatic amines is 1. The Morgan fingerprint density at radius 3 is 2.70 bits per heavy atom. The molecule has 0 saturated heterocycles. The second kappa shape index (κ2) is 7.38. The molecule has 30 heavy (non-hydrogen) atoms. The molecule has 1 atom stereocenters. The van der Waals surface area contributed by atoms with Gasteiger partial charge in [-0.1, -0.05) is 0 Å². The Morgan fingerprint density at radius 1 is 1.10 bits per heavy atom. The monoisotopic (exact) mass is 463 g/mol. The molecule has 0 aliphatic heterocycles. The molecule has 4 aromatic heterocycles. The van der Waals surface area contributed by atoms with Crippen LogP contribution in [0.25, 0.3) is 22.9 Å². The molecule has 0 aliphatic carbocycles. The van der Waals surface area contributed by atoms with Crippen molar-refractivity contribution in [3.8, 4) is 17.2 Å².